The smallest absolute Gasteiger partial charge is 0.265 e. The van der Waals surface area contributed by atoms with Crippen molar-refractivity contribution in [3.05, 3.63) is 53.1 Å². The Labute approximate surface area is 174 Å². The van der Waals surface area contributed by atoms with Crippen molar-refractivity contribution in [3.63, 3.8) is 0 Å². The predicted octanol–water partition coefficient (Wildman–Crippen LogP) is 3.45. The van der Waals surface area contributed by atoms with Crippen LogP contribution in [0.25, 0.3) is 33.9 Å². The number of hydrogen-bond acceptors (Lipinski definition) is 6. The van der Waals surface area contributed by atoms with Crippen LogP contribution in [0.1, 0.15) is 26.7 Å². The quantitative estimate of drug-likeness (QED) is 0.469. The van der Waals surface area contributed by atoms with E-state index in [0.717, 1.165) is 18.4 Å². The first-order valence-corrected chi connectivity index (χ1v) is 10.1. The van der Waals surface area contributed by atoms with Crippen molar-refractivity contribution in [1.82, 2.24) is 29.3 Å². The summed E-state index contributed by atoms with van der Waals surface area (Å²) < 4.78 is 9.21. The number of aryl methyl sites for hydroxylation is 1. The van der Waals surface area contributed by atoms with Gasteiger partial charge in [0.25, 0.3) is 5.56 Å². The van der Waals surface area contributed by atoms with Crippen LogP contribution in [0.2, 0.25) is 0 Å². The van der Waals surface area contributed by atoms with Crippen molar-refractivity contribution in [3.8, 4) is 28.7 Å². The highest BCUT2D eigenvalue weighted by Crippen LogP contribution is 2.30. The fourth-order valence-corrected chi connectivity index (χ4v) is 3.38. The summed E-state index contributed by atoms with van der Waals surface area (Å²) >= 11 is 0. The summed E-state index contributed by atoms with van der Waals surface area (Å²) in [5.41, 5.74) is 1.57. The van der Waals surface area contributed by atoms with Crippen molar-refractivity contribution in [2.75, 3.05) is 6.61 Å². The summed E-state index contributed by atoms with van der Waals surface area (Å²) in [5.74, 6) is 1.65. The Morgan fingerprint density at radius 1 is 1.03 bits per heavy atom. The first-order valence-electron chi connectivity index (χ1n) is 10.1. The second-order valence-corrected chi connectivity index (χ2v) is 6.99. The van der Waals surface area contributed by atoms with Gasteiger partial charge in [-0.2, -0.15) is 5.10 Å². The molecule has 0 radical (unpaired) electrons. The summed E-state index contributed by atoms with van der Waals surface area (Å²) in [6.45, 7) is 5.34. The van der Waals surface area contributed by atoms with E-state index in [-0.39, 0.29) is 5.56 Å². The summed E-state index contributed by atoms with van der Waals surface area (Å²) in [4.78, 5) is 26.9. The van der Waals surface area contributed by atoms with Gasteiger partial charge in [0.1, 0.15) is 22.7 Å². The SMILES string of the molecule is CCCOc1ccccc1-c1nc2c(c(-c3ncccn3)nn2CCC)c(=O)n1C. The van der Waals surface area contributed by atoms with E-state index in [2.05, 4.69) is 28.9 Å². The summed E-state index contributed by atoms with van der Waals surface area (Å²) in [7, 11) is 1.72. The minimum atomic E-state index is -0.190. The van der Waals surface area contributed by atoms with Gasteiger partial charge < -0.3 is 4.74 Å². The Bertz CT molecular complexity index is 1230. The van der Waals surface area contributed by atoms with Crippen LogP contribution >= 0.6 is 0 Å². The second kappa shape index (κ2) is 8.44. The predicted molar refractivity (Wildman–Crippen MR) is 115 cm³/mol. The third kappa shape index (κ3) is 3.45. The Morgan fingerprint density at radius 2 is 1.80 bits per heavy atom. The van der Waals surface area contributed by atoms with Gasteiger partial charge in [-0.25, -0.2) is 19.6 Å². The van der Waals surface area contributed by atoms with Gasteiger partial charge in [0.05, 0.1) is 12.2 Å². The number of para-hydroxylation sites is 1. The van der Waals surface area contributed by atoms with Crippen LogP contribution in [0.4, 0.5) is 0 Å². The topological polar surface area (TPSA) is 87.7 Å². The molecule has 4 aromatic rings. The van der Waals surface area contributed by atoms with Gasteiger partial charge in [0, 0.05) is 26.0 Å². The molecule has 0 aliphatic carbocycles. The molecule has 30 heavy (non-hydrogen) atoms. The highest BCUT2D eigenvalue weighted by Gasteiger charge is 2.22. The standard InChI is InChI=1S/C22H24N6O2/c1-4-13-28-21-17(18(26-28)19-23-11-8-12-24-19)22(29)27(3)20(25-21)15-9-6-7-10-16(15)30-14-5-2/h6-12H,4-5,13-14H2,1-3H3. The fourth-order valence-electron chi connectivity index (χ4n) is 3.38. The lowest BCUT2D eigenvalue weighted by molar-refractivity contribution is 0.318. The van der Waals surface area contributed by atoms with Crippen molar-refractivity contribution in [2.45, 2.75) is 33.2 Å². The van der Waals surface area contributed by atoms with Crippen LogP contribution in [-0.4, -0.2) is 35.9 Å². The van der Waals surface area contributed by atoms with Gasteiger partial charge in [0.2, 0.25) is 0 Å². The van der Waals surface area contributed by atoms with Gasteiger partial charge >= 0.3 is 0 Å². The molecule has 0 atom stereocenters. The maximum atomic E-state index is 13.4. The summed E-state index contributed by atoms with van der Waals surface area (Å²) in [6, 6.07) is 9.37. The van der Waals surface area contributed by atoms with E-state index < -0.39 is 0 Å². The average Bonchev–Trinajstić information content (AvgIpc) is 3.14. The molecule has 0 fully saturated rings. The normalized spacial score (nSPS) is 11.2. The largest absolute Gasteiger partial charge is 0.493 e. The molecule has 154 valence electrons. The number of benzene rings is 1. The molecule has 8 heteroatoms. The maximum Gasteiger partial charge on any atom is 0.265 e. The van der Waals surface area contributed by atoms with E-state index in [0.29, 0.717) is 47.3 Å². The number of ether oxygens (including phenoxy) is 1. The molecule has 0 aliphatic heterocycles. The Morgan fingerprint density at radius 3 is 2.53 bits per heavy atom. The number of aromatic nitrogens is 6. The van der Waals surface area contributed by atoms with E-state index in [1.807, 2.05) is 24.3 Å². The molecule has 0 spiro atoms. The molecule has 0 saturated carbocycles. The molecule has 3 heterocycles. The highest BCUT2D eigenvalue weighted by molar-refractivity contribution is 5.89. The molecule has 1 aromatic carbocycles. The van der Waals surface area contributed by atoms with Gasteiger partial charge in [-0.15, -0.1) is 0 Å². The van der Waals surface area contributed by atoms with Crippen LogP contribution in [0.15, 0.2) is 47.5 Å². The Hall–Kier alpha value is -3.55. The lowest BCUT2D eigenvalue weighted by Crippen LogP contribution is -2.21. The zero-order chi connectivity index (χ0) is 21.1. The van der Waals surface area contributed by atoms with Crippen LogP contribution in [0.3, 0.4) is 0 Å². The second-order valence-electron chi connectivity index (χ2n) is 6.99. The van der Waals surface area contributed by atoms with Crippen LogP contribution < -0.4 is 10.3 Å². The molecule has 0 amide bonds. The van der Waals surface area contributed by atoms with Crippen LogP contribution in [0, 0.1) is 0 Å². The molecule has 0 saturated heterocycles. The first kappa shape index (κ1) is 19.8. The lowest BCUT2D eigenvalue weighted by Gasteiger charge is -2.13. The van der Waals surface area contributed by atoms with Crippen molar-refractivity contribution in [1.29, 1.82) is 0 Å². The molecular weight excluding hydrogens is 380 g/mol. The highest BCUT2D eigenvalue weighted by atomic mass is 16.5. The summed E-state index contributed by atoms with van der Waals surface area (Å²) in [6.07, 6.45) is 5.03. The van der Waals surface area contributed by atoms with E-state index in [9.17, 15) is 4.79 Å². The minimum absolute atomic E-state index is 0.190. The van der Waals surface area contributed by atoms with Crippen molar-refractivity contribution in [2.24, 2.45) is 7.05 Å². The molecule has 0 aliphatic rings. The van der Waals surface area contributed by atoms with Crippen LogP contribution in [0.5, 0.6) is 5.75 Å². The van der Waals surface area contributed by atoms with Crippen LogP contribution in [-0.2, 0) is 13.6 Å². The van der Waals surface area contributed by atoms with E-state index in [1.165, 1.54) is 0 Å². The van der Waals surface area contributed by atoms with E-state index in [4.69, 9.17) is 9.72 Å². The third-order valence-electron chi connectivity index (χ3n) is 4.78. The molecule has 8 nitrogen and oxygen atoms in total. The number of fused-ring (bicyclic) bond motifs is 1. The molecular formula is C22H24N6O2. The molecule has 4 rings (SSSR count). The summed E-state index contributed by atoms with van der Waals surface area (Å²) in [5, 5.41) is 5.07. The van der Waals surface area contributed by atoms with E-state index >= 15 is 0 Å². The fraction of sp³-hybridized carbons (Fsp3) is 0.318. The van der Waals surface area contributed by atoms with Crippen molar-refractivity contribution >= 4 is 11.0 Å². The minimum Gasteiger partial charge on any atom is -0.493 e. The Kier molecular flexibility index (Phi) is 5.56. The first-order chi connectivity index (χ1) is 14.7. The molecule has 0 bridgehead atoms. The number of nitrogens with zero attached hydrogens (tertiary/aromatic N) is 6. The molecule has 0 unspecified atom stereocenters. The number of rotatable bonds is 7. The van der Waals surface area contributed by atoms with Gasteiger partial charge in [-0.1, -0.05) is 26.0 Å². The lowest BCUT2D eigenvalue weighted by atomic mass is 10.1. The molecule has 0 N–H and O–H groups in total. The zero-order valence-corrected chi connectivity index (χ0v) is 17.4. The maximum absolute atomic E-state index is 13.4. The van der Waals surface area contributed by atoms with Gasteiger partial charge in [0.15, 0.2) is 11.5 Å². The third-order valence-corrected chi connectivity index (χ3v) is 4.78. The van der Waals surface area contributed by atoms with Gasteiger partial charge in [-0.3, -0.25) is 9.36 Å². The van der Waals surface area contributed by atoms with Gasteiger partial charge in [-0.05, 0) is 31.0 Å². The Balaban J connectivity index is 1.99. The van der Waals surface area contributed by atoms with Crippen molar-refractivity contribution < 1.29 is 4.74 Å². The number of hydrogen-bond donors (Lipinski definition) is 0. The molecule has 3 aromatic heterocycles. The van der Waals surface area contributed by atoms with E-state index in [1.54, 1.807) is 34.8 Å². The average molecular weight is 404 g/mol. The monoisotopic (exact) mass is 404 g/mol. The zero-order valence-electron chi connectivity index (χ0n) is 17.4.